The van der Waals surface area contributed by atoms with Crippen LogP contribution in [0.15, 0.2) is 77.6 Å². The van der Waals surface area contributed by atoms with E-state index in [1.165, 1.54) is 30.5 Å². The Kier molecular flexibility index (Phi) is 5.19. The van der Waals surface area contributed by atoms with Gasteiger partial charge in [0.25, 0.3) is 5.89 Å². The summed E-state index contributed by atoms with van der Waals surface area (Å²) in [4.78, 5) is 8.25. The zero-order valence-electron chi connectivity index (χ0n) is 15.5. The highest BCUT2D eigenvalue weighted by atomic mass is 19.1. The zero-order chi connectivity index (χ0) is 21.1. The van der Waals surface area contributed by atoms with Crippen LogP contribution in [0.5, 0.6) is 0 Å². The van der Waals surface area contributed by atoms with Crippen molar-refractivity contribution < 1.29 is 13.3 Å². The molecule has 0 spiro atoms. The van der Waals surface area contributed by atoms with Crippen LogP contribution in [0.3, 0.4) is 0 Å². The third-order valence-corrected chi connectivity index (χ3v) is 4.31. The summed E-state index contributed by atoms with van der Waals surface area (Å²) in [5.74, 6) is 5.09. The molecule has 9 heteroatoms. The van der Waals surface area contributed by atoms with Crippen LogP contribution in [-0.2, 0) is 0 Å². The van der Waals surface area contributed by atoms with Gasteiger partial charge in [-0.1, -0.05) is 29.4 Å². The van der Waals surface area contributed by atoms with Crippen molar-refractivity contribution in [2.45, 2.75) is 0 Å². The predicted octanol–water partition coefficient (Wildman–Crippen LogP) is 3.57. The van der Waals surface area contributed by atoms with Crippen LogP contribution in [-0.4, -0.2) is 15.1 Å². The quantitative estimate of drug-likeness (QED) is 0.385. The van der Waals surface area contributed by atoms with Gasteiger partial charge in [0.05, 0.1) is 16.9 Å². The number of rotatable bonds is 5. The van der Waals surface area contributed by atoms with Crippen molar-refractivity contribution in [2.24, 2.45) is 11.6 Å². The van der Waals surface area contributed by atoms with E-state index in [-0.39, 0.29) is 34.4 Å². The van der Waals surface area contributed by atoms with Gasteiger partial charge < -0.3 is 10.3 Å². The lowest BCUT2D eigenvalue weighted by Gasteiger charge is -2.23. The van der Waals surface area contributed by atoms with Gasteiger partial charge in [0.1, 0.15) is 17.3 Å². The smallest absolute Gasteiger partial charge is 0.276 e. The van der Waals surface area contributed by atoms with Gasteiger partial charge in [0.2, 0.25) is 5.82 Å². The molecule has 150 valence electrons. The van der Waals surface area contributed by atoms with Crippen molar-refractivity contribution in [1.82, 2.24) is 15.1 Å². The lowest BCUT2D eigenvalue weighted by atomic mass is 10.1. The minimum Gasteiger partial charge on any atom is -0.392 e. The molecule has 30 heavy (non-hydrogen) atoms. The van der Waals surface area contributed by atoms with E-state index in [0.29, 0.717) is 5.56 Å². The third kappa shape index (κ3) is 3.61. The van der Waals surface area contributed by atoms with Crippen molar-refractivity contribution in [3.63, 3.8) is 0 Å². The van der Waals surface area contributed by atoms with Crippen LogP contribution in [0.2, 0.25) is 0 Å². The van der Waals surface area contributed by atoms with Gasteiger partial charge in [-0.3, -0.25) is 9.99 Å². The molecule has 7 nitrogen and oxygen atoms in total. The maximum absolute atomic E-state index is 14.4. The first kappa shape index (κ1) is 19.2. The van der Waals surface area contributed by atoms with Crippen LogP contribution in [0, 0.1) is 11.6 Å². The van der Waals surface area contributed by atoms with Crippen LogP contribution in [0.25, 0.3) is 22.8 Å². The number of aromatic nitrogens is 3. The summed E-state index contributed by atoms with van der Waals surface area (Å²) in [6, 6.07) is 15.3. The van der Waals surface area contributed by atoms with Gasteiger partial charge in [-0.05, 0) is 36.4 Å². The lowest BCUT2D eigenvalue weighted by molar-refractivity contribution is 0.407. The molecule has 0 saturated heterocycles. The number of nitrogens with zero attached hydrogens (tertiary/aromatic N) is 4. The van der Waals surface area contributed by atoms with Crippen LogP contribution in [0.4, 0.5) is 14.5 Å². The lowest BCUT2D eigenvalue weighted by Crippen LogP contribution is -2.32. The fourth-order valence-electron chi connectivity index (χ4n) is 2.88. The van der Waals surface area contributed by atoms with Crippen molar-refractivity contribution in [2.75, 3.05) is 5.01 Å². The summed E-state index contributed by atoms with van der Waals surface area (Å²) in [6.45, 7) is 0. The molecule has 0 aliphatic heterocycles. The Morgan fingerprint density at radius 1 is 0.933 bits per heavy atom. The van der Waals surface area contributed by atoms with Gasteiger partial charge >= 0.3 is 0 Å². The molecular formula is C21H16F2N6O. The molecule has 0 fully saturated rings. The summed E-state index contributed by atoms with van der Waals surface area (Å²) in [5.41, 5.74) is 7.20. The average molecular weight is 406 g/mol. The van der Waals surface area contributed by atoms with Gasteiger partial charge in [-0.2, -0.15) is 4.98 Å². The molecular weight excluding hydrogens is 390 g/mol. The number of hydrazine groups is 1. The highest BCUT2D eigenvalue weighted by Crippen LogP contribution is 2.30. The molecule has 0 saturated carbocycles. The zero-order valence-corrected chi connectivity index (χ0v) is 15.5. The summed E-state index contributed by atoms with van der Waals surface area (Å²) < 4.78 is 33.7. The van der Waals surface area contributed by atoms with E-state index in [9.17, 15) is 8.78 Å². The van der Waals surface area contributed by atoms with E-state index in [4.69, 9.17) is 16.1 Å². The summed E-state index contributed by atoms with van der Waals surface area (Å²) >= 11 is 0. The number of anilines is 1. The molecule has 0 bridgehead atoms. The first-order valence-electron chi connectivity index (χ1n) is 8.84. The van der Waals surface area contributed by atoms with Crippen molar-refractivity contribution in [3.8, 4) is 11.4 Å². The second kappa shape index (κ2) is 8.10. The molecule has 4 N–H and O–H groups in total. The molecule has 2 heterocycles. The minimum atomic E-state index is -0.549. The number of nitrogens with two attached hydrogens (primary N) is 2. The molecule has 0 aliphatic rings. The van der Waals surface area contributed by atoms with Gasteiger partial charge in [-0.15, -0.1) is 0 Å². The minimum absolute atomic E-state index is 0.0195. The van der Waals surface area contributed by atoms with Crippen molar-refractivity contribution >= 4 is 17.1 Å². The molecule has 0 radical (unpaired) electrons. The number of hydrogen-bond donors (Lipinski definition) is 2. The number of para-hydroxylation sites is 1. The van der Waals surface area contributed by atoms with Crippen LogP contribution >= 0.6 is 0 Å². The van der Waals surface area contributed by atoms with Gasteiger partial charge in [0.15, 0.2) is 0 Å². The maximum Gasteiger partial charge on any atom is 0.276 e. The van der Waals surface area contributed by atoms with Gasteiger partial charge in [-0.25, -0.2) is 14.6 Å². The van der Waals surface area contributed by atoms with E-state index in [0.717, 1.165) is 5.01 Å². The standard InChI is InChI=1S/C21H16F2N6O/c22-15-8-2-1-7-14(15)20-27-21(30-28-20)18(24)19(13-6-5-11-26-12-13)29(25)17-10-4-3-9-16(17)23/h1-12H,24-25H2/b19-18-. The highest BCUT2D eigenvalue weighted by molar-refractivity contribution is 5.93. The molecule has 0 unspecified atom stereocenters. The summed E-state index contributed by atoms with van der Waals surface area (Å²) in [7, 11) is 0. The van der Waals surface area contributed by atoms with E-state index >= 15 is 0 Å². The number of benzene rings is 2. The van der Waals surface area contributed by atoms with Crippen molar-refractivity contribution in [3.05, 3.63) is 96.1 Å². The van der Waals surface area contributed by atoms with E-state index < -0.39 is 11.6 Å². The normalized spacial score (nSPS) is 11.8. The number of halogens is 2. The van der Waals surface area contributed by atoms with Crippen LogP contribution < -0.4 is 16.6 Å². The maximum atomic E-state index is 14.4. The Bertz CT molecular complexity index is 1210. The predicted molar refractivity (Wildman–Crippen MR) is 108 cm³/mol. The average Bonchev–Trinajstić information content (AvgIpc) is 3.25. The first-order chi connectivity index (χ1) is 14.6. The molecule has 0 atom stereocenters. The third-order valence-electron chi connectivity index (χ3n) is 4.31. The van der Waals surface area contributed by atoms with E-state index in [1.807, 2.05) is 0 Å². The second-order valence-electron chi connectivity index (χ2n) is 6.23. The SMILES string of the molecule is N/C(=C(/c1cccnc1)N(N)c1ccccc1F)c1nc(-c2ccccc2F)no1. The number of hydrogen-bond acceptors (Lipinski definition) is 7. The molecule has 2 aromatic heterocycles. The first-order valence-corrected chi connectivity index (χ1v) is 8.84. The fraction of sp³-hybridized carbons (Fsp3) is 0. The molecule has 2 aromatic carbocycles. The molecule has 0 amide bonds. The van der Waals surface area contributed by atoms with E-state index in [1.54, 1.807) is 42.6 Å². The van der Waals surface area contributed by atoms with Crippen molar-refractivity contribution in [1.29, 1.82) is 0 Å². The van der Waals surface area contributed by atoms with Gasteiger partial charge in [0, 0.05) is 18.0 Å². The van der Waals surface area contributed by atoms with E-state index in [2.05, 4.69) is 15.1 Å². The Morgan fingerprint density at radius 3 is 2.37 bits per heavy atom. The monoisotopic (exact) mass is 406 g/mol. The largest absolute Gasteiger partial charge is 0.392 e. The Hall–Kier alpha value is -4.11. The summed E-state index contributed by atoms with van der Waals surface area (Å²) in [6.07, 6.45) is 3.08. The Balaban J connectivity index is 1.84. The molecule has 4 rings (SSSR count). The Morgan fingerprint density at radius 2 is 1.67 bits per heavy atom. The highest BCUT2D eigenvalue weighted by Gasteiger charge is 2.22. The number of pyridine rings is 1. The van der Waals surface area contributed by atoms with Crippen LogP contribution in [0.1, 0.15) is 11.5 Å². The second-order valence-corrected chi connectivity index (χ2v) is 6.23. The topological polar surface area (TPSA) is 107 Å². The summed E-state index contributed by atoms with van der Waals surface area (Å²) in [5, 5.41) is 4.88. The molecule has 0 aliphatic carbocycles. The Labute approximate surface area is 170 Å². The molecule has 4 aromatic rings. The fourth-order valence-corrected chi connectivity index (χ4v) is 2.88.